The summed E-state index contributed by atoms with van der Waals surface area (Å²) in [6, 6.07) is 7.46. The highest BCUT2D eigenvalue weighted by molar-refractivity contribution is 5.97. The Bertz CT molecular complexity index is 612. The Balaban J connectivity index is 1.82. The number of hydrogen-bond donors (Lipinski definition) is 2. The zero-order chi connectivity index (χ0) is 14.7. The van der Waals surface area contributed by atoms with Crippen molar-refractivity contribution in [2.75, 3.05) is 13.1 Å². The Morgan fingerprint density at radius 1 is 1.43 bits per heavy atom. The van der Waals surface area contributed by atoms with Gasteiger partial charge in [0.05, 0.1) is 11.3 Å². The van der Waals surface area contributed by atoms with Gasteiger partial charge in [-0.15, -0.1) is 5.10 Å². The van der Waals surface area contributed by atoms with Gasteiger partial charge in [0.1, 0.15) is 6.33 Å². The van der Waals surface area contributed by atoms with Gasteiger partial charge < -0.3 is 10.6 Å². The maximum absolute atomic E-state index is 12.6. The number of hydrogen-bond acceptors (Lipinski definition) is 5. The molecule has 0 aliphatic carbocycles. The molecule has 3 rings (SSSR count). The molecule has 110 valence electrons. The maximum atomic E-state index is 12.6. The topological polar surface area (TPSA) is 84.7 Å². The van der Waals surface area contributed by atoms with Crippen molar-refractivity contribution in [1.29, 1.82) is 0 Å². The van der Waals surface area contributed by atoms with Crippen LogP contribution in [0.5, 0.6) is 0 Å². The summed E-state index contributed by atoms with van der Waals surface area (Å²) in [5, 5.41) is 17.5. The highest BCUT2D eigenvalue weighted by Crippen LogP contribution is 2.15. The first-order valence-electron chi connectivity index (χ1n) is 7.09. The number of carbonyl (C=O) groups excluding carboxylic acids is 1. The molecular weight excluding hydrogens is 268 g/mol. The molecule has 7 heteroatoms. The summed E-state index contributed by atoms with van der Waals surface area (Å²) >= 11 is 0. The van der Waals surface area contributed by atoms with E-state index in [9.17, 15) is 4.79 Å². The fourth-order valence-electron chi connectivity index (χ4n) is 2.57. The molecule has 0 spiro atoms. The number of piperidine rings is 1. The van der Waals surface area contributed by atoms with Crippen LogP contribution in [-0.2, 0) is 0 Å². The molecule has 1 aliphatic rings. The summed E-state index contributed by atoms with van der Waals surface area (Å²) in [5.41, 5.74) is 1.25. The molecule has 2 heterocycles. The predicted octanol–water partition coefficient (Wildman–Crippen LogP) is 0.390. The number of benzene rings is 1. The van der Waals surface area contributed by atoms with E-state index >= 15 is 0 Å². The van der Waals surface area contributed by atoms with Crippen molar-refractivity contribution in [3.63, 3.8) is 0 Å². The molecule has 2 unspecified atom stereocenters. The predicted molar refractivity (Wildman–Crippen MR) is 77.1 cm³/mol. The lowest BCUT2D eigenvalue weighted by molar-refractivity contribution is 0.0915. The average molecular weight is 286 g/mol. The monoisotopic (exact) mass is 286 g/mol. The number of tetrazole rings is 1. The van der Waals surface area contributed by atoms with E-state index < -0.39 is 0 Å². The van der Waals surface area contributed by atoms with Gasteiger partial charge in [0.2, 0.25) is 0 Å². The molecule has 1 fully saturated rings. The largest absolute Gasteiger partial charge is 0.348 e. The Labute approximate surface area is 122 Å². The molecule has 21 heavy (non-hydrogen) atoms. The van der Waals surface area contributed by atoms with E-state index in [1.54, 1.807) is 6.07 Å². The van der Waals surface area contributed by atoms with Gasteiger partial charge in [-0.2, -0.15) is 4.68 Å². The third-order valence-corrected chi connectivity index (χ3v) is 3.89. The van der Waals surface area contributed by atoms with Crippen molar-refractivity contribution in [3.05, 3.63) is 36.2 Å². The second-order valence-corrected chi connectivity index (χ2v) is 5.32. The summed E-state index contributed by atoms with van der Waals surface area (Å²) < 4.78 is 1.50. The van der Waals surface area contributed by atoms with Gasteiger partial charge in [-0.3, -0.25) is 4.79 Å². The lowest BCUT2D eigenvalue weighted by Crippen LogP contribution is -2.50. The van der Waals surface area contributed by atoms with E-state index in [0.717, 1.165) is 19.5 Å². The Morgan fingerprint density at radius 2 is 2.29 bits per heavy atom. The molecular formula is C14H18N6O. The molecule has 1 aromatic heterocycles. The van der Waals surface area contributed by atoms with Crippen LogP contribution in [0.15, 0.2) is 30.6 Å². The highest BCUT2D eigenvalue weighted by Gasteiger charge is 2.24. The minimum Gasteiger partial charge on any atom is -0.348 e. The first-order chi connectivity index (χ1) is 10.3. The van der Waals surface area contributed by atoms with E-state index in [2.05, 4.69) is 33.1 Å². The van der Waals surface area contributed by atoms with E-state index in [0.29, 0.717) is 17.2 Å². The van der Waals surface area contributed by atoms with Crippen molar-refractivity contribution in [2.24, 2.45) is 5.92 Å². The summed E-state index contributed by atoms with van der Waals surface area (Å²) in [4.78, 5) is 12.6. The standard InChI is InChI=1S/C14H18N6O/c1-10-6-7-15-8-12(10)17-14(21)11-4-2-3-5-13(11)20-9-16-18-19-20/h2-5,9-10,12,15H,6-8H2,1H3,(H,17,21). The van der Waals surface area contributed by atoms with E-state index in [4.69, 9.17) is 0 Å². The number of para-hydroxylation sites is 1. The molecule has 1 aliphatic heterocycles. The van der Waals surface area contributed by atoms with E-state index in [1.165, 1.54) is 11.0 Å². The van der Waals surface area contributed by atoms with Crippen LogP contribution in [0, 0.1) is 5.92 Å². The zero-order valence-corrected chi connectivity index (χ0v) is 11.9. The second-order valence-electron chi connectivity index (χ2n) is 5.32. The molecule has 1 saturated heterocycles. The average Bonchev–Trinajstić information content (AvgIpc) is 3.04. The first kappa shape index (κ1) is 13.7. The van der Waals surface area contributed by atoms with Gasteiger partial charge >= 0.3 is 0 Å². The summed E-state index contributed by atoms with van der Waals surface area (Å²) in [7, 11) is 0. The Morgan fingerprint density at radius 3 is 3.05 bits per heavy atom. The number of rotatable bonds is 3. The van der Waals surface area contributed by atoms with Gasteiger partial charge in [-0.25, -0.2) is 0 Å². The smallest absolute Gasteiger partial charge is 0.253 e. The molecule has 7 nitrogen and oxygen atoms in total. The summed E-state index contributed by atoms with van der Waals surface area (Å²) in [6.07, 6.45) is 2.55. The Kier molecular flexibility index (Phi) is 3.92. The van der Waals surface area contributed by atoms with Crippen molar-refractivity contribution < 1.29 is 4.79 Å². The lowest BCUT2D eigenvalue weighted by atomic mass is 9.94. The van der Waals surface area contributed by atoms with Crippen molar-refractivity contribution in [2.45, 2.75) is 19.4 Å². The van der Waals surface area contributed by atoms with Crippen LogP contribution in [0.1, 0.15) is 23.7 Å². The number of nitrogens with zero attached hydrogens (tertiary/aromatic N) is 4. The molecule has 0 radical (unpaired) electrons. The molecule has 2 atom stereocenters. The van der Waals surface area contributed by atoms with E-state index in [1.807, 2.05) is 18.2 Å². The number of carbonyl (C=O) groups is 1. The minimum atomic E-state index is -0.0957. The zero-order valence-electron chi connectivity index (χ0n) is 11.9. The molecule has 1 amide bonds. The van der Waals surface area contributed by atoms with Crippen LogP contribution in [0.4, 0.5) is 0 Å². The van der Waals surface area contributed by atoms with Crippen LogP contribution in [0.3, 0.4) is 0 Å². The van der Waals surface area contributed by atoms with Crippen LogP contribution in [0.2, 0.25) is 0 Å². The first-order valence-corrected chi connectivity index (χ1v) is 7.09. The molecule has 2 aromatic rings. The van der Waals surface area contributed by atoms with Gasteiger partial charge in [0.25, 0.3) is 5.91 Å². The van der Waals surface area contributed by atoms with Gasteiger partial charge in [0.15, 0.2) is 0 Å². The summed E-state index contributed by atoms with van der Waals surface area (Å²) in [5.74, 6) is 0.372. The maximum Gasteiger partial charge on any atom is 0.253 e. The normalized spacial score (nSPS) is 22.0. The van der Waals surface area contributed by atoms with Crippen LogP contribution < -0.4 is 10.6 Å². The lowest BCUT2D eigenvalue weighted by Gasteiger charge is -2.30. The number of amides is 1. The van der Waals surface area contributed by atoms with Gasteiger partial charge in [-0.05, 0) is 41.4 Å². The highest BCUT2D eigenvalue weighted by atomic mass is 16.1. The fraction of sp³-hybridized carbons (Fsp3) is 0.429. The molecule has 0 saturated carbocycles. The molecule has 0 bridgehead atoms. The van der Waals surface area contributed by atoms with Gasteiger partial charge in [0, 0.05) is 12.6 Å². The fourth-order valence-corrected chi connectivity index (χ4v) is 2.57. The number of nitrogens with one attached hydrogen (secondary N) is 2. The quantitative estimate of drug-likeness (QED) is 0.852. The van der Waals surface area contributed by atoms with Crippen LogP contribution in [0.25, 0.3) is 5.69 Å². The van der Waals surface area contributed by atoms with Crippen molar-refractivity contribution in [1.82, 2.24) is 30.8 Å². The van der Waals surface area contributed by atoms with E-state index in [-0.39, 0.29) is 11.9 Å². The third-order valence-electron chi connectivity index (χ3n) is 3.89. The Hall–Kier alpha value is -2.28. The van der Waals surface area contributed by atoms with Crippen molar-refractivity contribution in [3.8, 4) is 5.69 Å². The van der Waals surface area contributed by atoms with Gasteiger partial charge in [-0.1, -0.05) is 19.1 Å². The third kappa shape index (κ3) is 2.92. The van der Waals surface area contributed by atoms with Crippen LogP contribution in [-0.4, -0.2) is 45.2 Å². The molecule has 1 aromatic carbocycles. The summed E-state index contributed by atoms with van der Waals surface area (Å²) in [6.45, 7) is 3.98. The second kappa shape index (κ2) is 6.01. The van der Waals surface area contributed by atoms with Crippen molar-refractivity contribution >= 4 is 5.91 Å². The molecule has 2 N–H and O–H groups in total. The van der Waals surface area contributed by atoms with Crippen LogP contribution >= 0.6 is 0 Å². The number of aromatic nitrogens is 4. The SMILES string of the molecule is CC1CCNCC1NC(=O)c1ccccc1-n1cnnn1. The minimum absolute atomic E-state index is 0.0957.